The van der Waals surface area contributed by atoms with E-state index in [9.17, 15) is 37.9 Å². The number of hydrogen-bond acceptors (Lipinski definition) is 11. The molecule has 5 N–H and O–H groups in total. The van der Waals surface area contributed by atoms with Gasteiger partial charge in [0.05, 0.1) is 12.7 Å². The van der Waals surface area contributed by atoms with E-state index in [0.717, 1.165) is 23.8 Å². The fraction of sp³-hybridized carbons (Fsp3) is 0.615. The minimum atomic E-state index is -5.71. The number of ether oxygens (including phenoxy) is 2. The number of carbonyl (C=O) groups is 1. The van der Waals surface area contributed by atoms with Crippen molar-refractivity contribution in [3.05, 3.63) is 33.1 Å². The van der Waals surface area contributed by atoms with E-state index in [2.05, 4.69) is 13.1 Å². The van der Waals surface area contributed by atoms with Gasteiger partial charge in [-0.05, 0) is 6.42 Å². The Labute approximate surface area is 184 Å². The second kappa shape index (κ2) is 10.4. The van der Waals surface area contributed by atoms with Gasteiger partial charge >= 0.3 is 35.1 Å². The minimum Gasteiger partial charge on any atom is -0.457 e. The highest BCUT2D eigenvalue weighted by atomic mass is 31.3. The lowest BCUT2D eigenvalue weighted by molar-refractivity contribution is -0.154. The second-order valence-corrected chi connectivity index (χ2v) is 11.0. The molecule has 0 amide bonds. The smallest absolute Gasteiger partial charge is 0.457 e. The van der Waals surface area contributed by atoms with Gasteiger partial charge in [-0.25, -0.2) is 18.5 Å². The number of aromatic nitrogens is 2. The molecular formula is C13H21N2O15P3. The summed E-state index contributed by atoms with van der Waals surface area (Å²) in [4.78, 5) is 73.0. The highest BCUT2D eigenvalue weighted by Crippen LogP contribution is 2.66. The summed E-state index contributed by atoms with van der Waals surface area (Å²) in [5.74, 6) is -1.47. The molecule has 6 atom stereocenters. The van der Waals surface area contributed by atoms with Crippen molar-refractivity contribution in [2.75, 3.05) is 6.61 Å². The summed E-state index contributed by atoms with van der Waals surface area (Å²) in [6.45, 7) is 1.92. The molecule has 2 rings (SSSR count). The number of nitrogens with one attached hydrogen (secondary N) is 1. The maximum absolute atomic E-state index is 12.2. The highest BCUT2D eigenvalue weighted by Gasteiger charge is 2.48. The van der Waals surface area contributed by atoms with E-state index >= 15 is 0 Å². The average Bonchev–Trinajstić information content (AvgIpc) is 2.93. The number of esters is 1. The number of carbonyl (C=O) groups excluding carboxylic acids is 1. The Morgan fingerprint density at radius 3 is 2.30 bits per heavy atom. The largest absolute Gasteiger partial charge is 0.490 e. The van der Waals surface area contributed by atoms with Crippen molar-refractivity contribution in [1.82, 2.24) is 9.55 Å². The molecule has 0 radical (unpaired) electrons. The van der Waals surface area contributed by atoms with Crippen molar-refractivity contribution >= 4 is 29.4 Å². The molecule has 1 aromatic heterocycles. The van der Waals surface area contributed by atoms with Crippen LogP contribution < -0.4 is 11.2 Å². The zero-order valence-corrected chi connectivity index (χ0v) is 19.6. The molecule has 33 heavy (non-hydrogen) atoms. The van der Waals surface area contributed by atoms with E-state index in [-0.39, 0.29) is 6.42 Å². The van der Waals surface area contributed by atoms with Crippen LogP contribution in [0.2, 0.25) is 0 Å². The molecule has 17 nitrogen and oxygen atoms in total. The fourth-order valence-corrected chi connectivity index (χ4v) is 6.13. The maximum Gasteiger partial charge on any atom is 0.490 e. The first kappa shape index (κ1) is 27.8. The molecule has 0 spiro atoms. The van der Waals surface area contributed by atoms with Gasteiger partial charge in [-0.3, -0.25) is 23.7 Å². The van der Waals surface area contributed by atoms with Crippen LogP contribution in [0.1, 0.15) is 26.5 Å². The van der Waals surface area contributed by atoms with E-state index in [1.54, 1.807) is 6.92 Å². The number of rotatable bonds is 10. The van der Waals surface area contributed by atoms with E-state index in [1.807, 2.05) is 4.98 Å². The van der Waals surface area contributed by atoms with Crippen LogP contribution in [0.3, 0.4) is 0 Å². The molecule has 0 aromatic carbocycles. The lowest BCUT2D eigenvalue weighted by Gasteiger charge is -2.23. The number of hydrogen-bond donors (Lipinski definition) is 5. The predicted molar refractivity (Wildman–Crippen MR) is 104 cm³/mol. The van der Waals surface area contributed by atoms with Crippen LogP contribution in [0.25, 0.3) is 0 Å². The second-order valence-electron chi connectivity index (χ2n) is 6.62. The van der Waals surface area contributed by atoms with Crippen LogP contribution in [0, 0.1) is 5.92 Å². The molecule has 0 aliphatic carbocycles. The van der Waals surface area contributed by atoms with Crippen LogP contribution in [0.15, 0.2) is 21.9 Å². The first-order valence-electron chi connectivity index (χ1n) is 8.96. The molecule has 1 aromatic rings. The lowest BCUT2D eigenvalue weighted by atomic mass is 9.95. The summed E-state index contributed by atoms with van der Waals surface area (Å²) in [5.41, 5.74) is -1.59. The van der Waals surface area contributed by atoms with Crippen LogP contribution in [-0.2, 0) is 41.1 Å². The number of phosphoric ester groups is 1. The van der Waals surface area contributed by atoms with Gasteiger partial charge in [-0.1, -0.05) is 6.92 Å². The Morgan fingerprint density at radius 1 is 1.15 bits per heavy atom. The van der Waals surface area contributed by atoms with Crippen molar-refractivity contribution in [3.63, 3.8) is 0 Å². The molecular weight excluding hydrogens is 517 g/mol. The van der Waals surface area contributed by atoms with E-state index in [4.69, 9.17) is 19.3 Å². The third-order valence-electron chi connectivity index (χ3n) is 4.21. The molecule has 2 unspecified atom stereocenters. The first-order chi connectivity index (χ1) is 15.0. The van der Waals surface area contributed by atoms with Crippen LogP contribution in [0.4, 0.5) is 0 Å². The average molecular weight is 538 g/mol. The Hall–Kier alpha value is -1.48. The standard InChI is InChI=1S/C13H21N2O15P3/c1-3-8-9(6-26-32(22,23)30-33(24,25)29-31(19,20)21)28-12(11(8)27-7(2)16)15-5-4-10(17)14-13(15)18/h4-5,8-9,11-12H,3,6H2,1-2H3,(H,22,23)(H,24,25)(H,14,17,18)(H2,19,20,21)/t8-,9-,11-,12-/m1/s1. The van der Waals surface area contributed by atoms with Gasteiger partial charge in [-0.2, -0.15) is 8.62 Å². The van der Waals surface area contributed by atoms with Crippen molar-refractivity contribution in [2.24, 2.45) is 5.92 Å². The third kappa shape index (κ3) is 8.05. The van der Waals surface area contributed by atoms with E-state index in [0.29, 0.717) is 0 Å². The topological polar surface area (TPSA) is 250 Å². The Balaban J connectivity index is 2.23. The molecule has 20 heteroatoms. The predicted octanol–water partition coefficient (Wildman–Crippen LogP) is -0.265. The van der Waals surface area contributed by atoms with Gasteiger partial charge < -0.3 is 29.0 Å². The Kier molecular flexibility index (Phi) is 8.77. The highest BCUT2D eigenvalue weighted by molar-refractivity contribution is 7.66. The summed E-state index contributed by atoms with van der Waals surface area (Å²) in [5, 5.41) is 0. The van der Waals surface area contributed by atoms with Gasteiger partial charge in [0.2, 0.25) is 0 Å². The number of phosphoric acid groups is 3. The SMILES string of the molecule is CC[C@H]1[C@@H](OC(C)=O)[C@H](n2ccc(=O)[nH]c2=O)O[C@@H]1COP(=O)(O)OP(=O)(O)OP(=O)(O)O. The number of aromatic amines is 1. The Morgan fingerprint density at radius 2 is 1.79 bits per heavy atom. The van der Waals surface area contributed by atoms with Gasteiger partial charge in [0.15, 0.2) is 12.3 Å². The minimum absolute atomic E-state index is 0.233. The summed E-state index contributed by atoms with van der Waals surface area (Å²) >= 11 is 0. The normalized spacial score (nSPS) is 27.0. The number of H-pyrrole nitrogens is 1. The summed E-state index contributed by atoms with van der Waals surface area (Å²) in [6, 6.07) is 1.01. The van der Waals surface area contributed by atoms with Gasteiger partial charge in [0.1, 0.15) is 0 Å². The quantitative estimate of drug-likeness (QED) is 0.190. The van der Waals surface area contributed by atoms with E-state index in [1.165, 1.54) is 0 Å². The maximum atomic E-state index is 12.2. The van der Waals surface area contributed by atoms with Crippen LogP contribution >= 0.6 is 23.5 Å². The molecule has 1 aliphatic rings. The third-order valence-corrected chi connectivity index (χ3v) is 8.01. The molecule has 1 fully saturated rings. The molecule has 188 valence electrons. The van der Waals surface area contributed by atoms with Crippen molar-refractivity contribution < 1.29 is 60.7 Å². The van der Waals surface area contributed by atoms with E-state index < -0.39 is 71.6 Å². The molecule has 0 bridgehead atoms. The summed E-state index contributed by atoms with van der Waals surface area (Å²) in [7, 11) is -16.7. The molecule has 2 heterocycles. The zero-order valence-electron chi connectivity index (χ0n) is 16.9. The van der Waals surface area contributed by atoms with Crippen LogP contribution in [-0.4, -0.2) is 53.9 Å². The molecule has 1 aliphatic heterocycles. The monoisotopic (exact) mass is 538 g/mol. The molecule has 1 saturated heterocycles. The van der Waals surface area contributed by atoms with Crippen molar-refractivity contribution in [1.29, 1.82) is 0 Å². The van der Waals surface area contributed by atoms with Crippen molar-refractivity contribution in [3.8, 4) is 0 Å². The Bertz CT molecular complexity index is 1120. The van der Waals surface area contributed by atoms with Gasteiger partial charge in [0, 0.05) is 25.1 Å². The van der Waals surface area contributed by atoms with Gasteiger partial charge in [0.25, 0.3) is 5.56 Å². The van der Waals surface area contributed by atoms with Crippen LogP contribution in [0.5, 0.6) is 0 Å². The molecule has 0 saturated carbocycles. The van der Waals surface area contributed by atoms with Crippen molar-refractivity contribution in [2.45, 2.75) is 38.7 Å². The lowest BCUT2D eigenvalue weighted by Crippen LogP contribution is -2.38. The summed E-state index contributed by atoms with van der Waals surface area (Å²) < 4.78 is 57.8. The zero-order chi connectivity index (χ0) is 25.2. The van der Waals surface area contributed by atoms with Gasteiger partial charge in [-0.15, -0.1) is 0 Å². The number of nitrogens with zero attached hydrogens (tertiary/aromatic N) is 1. The first-order valence-corrected chi connectivity index (χ1v) is 13.5. The fourth-order valence-electron chi connectivity index (χ4n) is 3.10. The summed E-state index contributed by atoms with van der Waals surface area (Å²) in [6.07, 6.45) is -2.21.